The molecule has 1 aliphatic carbocycles. The van der Waals surface area contributed by atoms with Crippen molar-refractivity contribution in [2.24, 2.45) is 0 Å². The average molecular weight is 434 g/mol. The van der Waals surface area contributed by atoms with Crippen molar-refractivity contribution < 1.29 is 4.79 Å². The molecule has 6 nitrogen and oxygen atoms in total. The van der Waals surface area contributed by atoms with E-state index in [1.54, 1.807) is 16.7 Å². The molecule has 3 aromatic rings. The second-order valence-electron chi connectivity index (χ2n) is 9.02. The van der Waals surface area contributed by atoms with Gasteiger partial charge < -0.3 is 5.32 Å². The molecule has 1 N–H and O–H groups in total. The maximum atomic E-state index is 13.4. The van der Waals surface area contributed by atoms with Crippen LogP contribution in [0.25, 0.3) is 10.9 Å². The van der Waals surface area contributed by atoms with Gasteiger partial charge in [0.05, 0.1) is 17.4 Å². The van der Waals surface area contributed by atoms with Gasteiger partial charge in [-0.2, -0.15) is 0 Å². The van der Waals surface area contributed by atoms with E-state index in [2.05, 4.69) is 24.4 Å². The Hall–Kier alpha value is -3.15. The van der Waals surface area contributed by atoms with Gasteiger partial charge in [-0.25, -0.2) is 4.79 Å². The van der Waals surface area contributed by atoms with Crippen molar-refractivity contribution in [3.05, 3.63) is 79.5 Å². The summed E-state index contributed by atoms with van der Waals surface area (Å²) in [6.07, 6.45) is 4.40. The van der Waals surface area contributed by atoms with Gasteiger partial charge in [-0.15, -0.1) is 0 Å². The fourth-order valence-electron chi connectivity index (χ4n) is 4.92. The summed E-state index contributed by atoms with van der Waals surface area (Å²) in [5.74, 6) is -0.104. The molecule has 4 rings (SSSR count). The monoisotopic (exact) mass is 433 g/mol. The number of hydrogen-bond acceptors (Lipinski definition) is 3. The van der Waals surface area contributed by atoms with Crippen LogP contribution in [0.3, 0.4) is 0 Å². The molecule has 168 valence electrons. The zero-order valence-electron chi connectivity index (χ0n) is 19.1. The Balaban J connectivity index is 1.71. The lowest BCUT2D eigenvalue weighted by atomic mass is 9.99. The largest absolute Gasteiger partial charge is 0.353 e. The third-order valence-electron chi connectivity index (χ3n) is 6.57. The van der Waals surface area contributed by atoms with Crippen LogP contribution < -0.4 is 16.6 Å². The minimum Gasteiger partial charge on any atom is -0.353 e. The van der Waals surface area contributed by atoms with Crippen LogP contribution in [0, 0.1) is 20.8 Å². The number of aryl methyl sites for hydroxylation is 3. The molecule has 1 amide bonds. The standard InChI is InChI=1S/C26H31N3O3/c1-17-14-18(2)22(19(3)15-17)16-29-23-11-7-6-10-21(23)25(31)28(26(29)32)13-12-24(30)27-20-8-4-5-9-20/h6-7,10-11,14-15,20H,4-5,8-9,12-13,16H2,1-3H3,(H,27,30). The van der Waals surface area contributed by atoms with Crippen molar-refractivity contribution in [2.75, 3.05) is 0 Å². The molecule has 32 heavy (non-hydrogen) atoms. The number of hydrogen-bond donors (Lipinski definition) is 1. The molecule has 1 aromatic heterocycles. The molecule has 0 bridgehead atoms. The third-order valence-corrected chi connectivity index (χ3v) is 6.57. The highest BCUT2D eigenvalue weighted by Gasteiger charge is 2.19. The van der Waals surface area contributed by atoms with Gasteiger partial charge in [0.2, 0.25) is 5.91 Å². The normalized spacial score (nSPS) is 14.2. The number of nitrogens with zero attached hydrogens (tertiary/aromatic N) is 2. The van der Waals surface area contributed by atoms with E-state index in [1.165, 1.54) is 10.1 Å². The predicted molar refractivity (Wildman–Crippen MR) is 127 cm³/mol. The highest BCUT2D eigenvalue weighted by molar-refractivity contribution is 5.78. The van der Waals surface area contributed by atoms with Crippen LogP contribution in [-0.2, 0) is 17.9 Å². The van der Waals surface area contributed by atoms with Crippen LogP contribution in [0.15, 0.2) is 46.0 Å². The van der Waals surface area contributed by atoms with Gasteiger partial charge >= 0.3 is 5.69 Å². The highest BCUT2D eigenvalue weighted by atomic mass is 16.2. The van der Waals surface area contributed by atoms with Crippen molar-refractivity contribution in [1.29, 1.82) is 0 Å². The Morgan fingerprint density at radius 3 is 2.34 bits per heavy atom. The Kier molecular flexibility index (Phi) is 6.31. The van der Waals surface area contributed by atoms with Crippen molar-refractivity contribution in [3.63, 3.8) is 0 Å². The molecule has 1 aliphatic rings. The number of fused-ring (bicyclic) bond motifs is 1. The minimum atomic E-state index is -0.373. The Morgan fingerprint density at radius 1 is 1.00 bits per heavy atom. The summed E-state index contributed by atoms with van der Waals surface area (Å²) in [4.78, 5) is 39.0. The molecule has 0 atom stereocenters. The molecule has 1 fully saturated rings. The second-order valence-corrected chi connectivity index (χ2v) is 9.02. The van der Waals surface area contributed by atoms with Crippen LogP contribution in [-0.4, -0.2) is 21.1 Å². The quantitative estimate of drug-likeness (QED) is 0.646. The maximum absolute atomic E-state index is 13.4. The van der Waals surface area contributed by atoms with Crippen molar-refractivity contribution in [1.82, 2.24) is 14.5 Å². The zero-order valence-corrected chi connectivity index (χ0v) is 19.1. The summed E-state index contributed by atoms with van der Waals surface area (Å²) in [7, 11) is 0. The summed E-state index contributed by atoms with van der Waals surface area (Å²) >= 11 is 0. The van der Waals surface area contributed by atoms with Gasteiger partial charge in [-0.1, -0.05) is 42.7 Å². The lowest BCUT2D eigenvalue weighted by Crippen LogP contribution is -2.42. The number of amides is 1. The van der Waals surface area contributed by atoms with Crippen LogP contribution in [0.5, 0.6) is 0 Å². The Morgan fingerprint density at radius 2 is 1.66 bits per heavy atom. The molecule has 2 aromatic carbocycles. The van der Waals surface area contributed by atoms with E-state index in [1.807, 2.05) is 26.0 Å². The lowest BCUT2D eigenvalue weighted by molar-refractivity contribution is -0.122. The summed E-state index contributed by atoms with van der Waals surface area (Å²) in [5, 5.41) is 3.53. The van der Waals surface area contributed by atoms with E-state index in [4.69, 9.17) is 0 Å². The predicted octanol–water partition coefficient (Wildman–Crippen LogP) is 3.59. The van der Waals surface area contributed by atoms with Crippen LogP contribution in [0.1, 0.15) is 54.4 Å². The van der Waals surface area contributed by atoms with Crippen LogP contribution in [0.2, 0.25) is 0 Å². The molecule has 0 saturated heterocycles. The van der Waals surface area contributed by atoms with E-state index in [9.17, 15) is 14.4 Å². The van der Waals surface area contributed by atoms with Gasteiger partial charge in [0, 0.05) is 19.0 Å². The molecule has 0 radical (unpaired) electrons. The Bertz CT molecular complexity index is 1260. The number of para-hydroxylation sites is 1. The molecule has 1 heterocycles. The summed E-state index contributed by atoms with van der Waals surface area (Å²) in [5.41, 5.74) is 4.40. The third kappa shape index (κ3) is 4.40. The van der Waals surface area contributed by atoms with E-state index in [0.29, 0.717) is 17.4 Å². The van der Waals surface area contributed by atoms with E-state index in [0.717, 1.165) is 42.4 Å². The number of aromatic nitrogens is 2. The lowest BCUT2D eigenvalue weighted by Gasteiger charge is -2.17. The zero-order chi connectivity index (χ0) is 22.8. The van der Waals surface area contributed by atoms with Crippen molar-refractivity contribution >= 4 is 16.8 Å². The fraction of sp³-hybridized carbons (Fsp3) is 0.423. The van der Waals surface area contributed by atoms with Crippen molar-refractivity contribution in [3.8, 4) is 0 Å². The molecular formula is C26H31N3O3. The molecule has 0 unspecified atom stereocenters. The SMILES string of the molecule is Cc1cc(C)c(Cn2c(=O)n(CCC(=O)NC3CCCC3)c(=O)c3ccccc32)c(C)c1. The molecule has 6 heteroatoms. The van der Waals surface area contributed by atoms with Gasteiger partial charge in [0.15, 0.2) is 0 Å². The van der Waals surface area contributed by atoms with E-state index < -0.39 is 0 Å². The minimum absolute atomic E-state index is 0.0763. The fourth-order valence-corrected chi connectivity index (χ4v) is 4.92. The van der Waals surface area contributed by atoms with Crippen molar-refractivity contribution in [2.45, 2.75) is 72.0 Å². The van der Waals surface area contributed by atoms with E-state index in [-0.39, 0.29) is 36.2 Å². The first-order valence-electron chi connectivity index (χ1n) is 11.4. The first-order valence-corrected chi connectivity index (χ1v) is 11.4. The maximum Gasteiger partial charge on any atom is 0.331 e. The van der Waals surface area contributed by atoms with E-state index >= 15 is 0 Å². The average Bonchev–Trinajstić information content (AvgIpc) is 3.25. The molecule has 0 spiro atoms. The number of rotatable bonds is 6. The Labute approximate surface area is 187 Å². The number of nitrogens with one attached hydrogen (secondary N) is 1. The molecular weight excluding hydrogens is 402 g/mol. The summed E-state index contributed by atoms with van der Waals surface area (Å²) < 4.78 is 2.88. The second kappa shape index (κ2) is 9.15. The molecule has 1 saturated carbocycles. The summed E-state index contributed by atoms with van der Waals surface area (Å²) in [6, 6.07) is 11.6. The van der Waals surface area contributed by atoms with Crippen LogP contribution >= 0.6 is 0 Å². The van der Waals surface area contributed by atoms with Gasteiger partial charge in [-0.05, 0) is 62.4 Å². The first-order chi connectivity index (χ1) is 15.3. The smallest absolute Gasteiger partial charge is 0.331 e. The topological polar surface area (TPSA) is 73.1 Å². The first kappa shape index (κ1) is 22.1. The summed E-state index contributed by atoms with van der Waals surface area (Å²) in [6.45, 7) is 6.61. The van der Waals surface area contributed by atoms with Gasteiger partial charge in [0.25, 0.3) is 5.56 Å². The molecule has 0 aliphatic heterocycles. The highest BCUT2D eigenvalue weighted by Crippen LogP contribution is 2.19. The number of benzene rings is 2. The number of carbonyl (C=O) groups is 1. The van der Waals surface area contributed by atoms with Gasteiger partial charge in [0.1, 0.15) is 0 Å². The number of carbonyl (C=O) groups excluding carboxylic acids is 1. The van der Waals surface area contributed by atoms with Gasteiger partial charge in [-0.3, -0.25) is 18.7 Å². The van der Waals surface area contributed by atoms with Crippen LogP contribution in [0.4, 0.5) is 0 Å².